The minimum atomic E-state index is -0.525. The van der Waals surface area contributed by atoms with Crippen LogP contribution < -0.4 is 10.6 Å². The third-order valence-electron chi connectivity index (χ3n) is 3.87. The van der Waals surface area contributed by atoms with Gasteiger partial charge in [0.2, 0.25) is 11.8 Å². The number of hydrogen-bond donors (Lipinski definition) is 2. The molecule has 142 valence electrons. The highest BCUT2D eigenvalue weighted by molar-refractivity contribution is 5.87. The first-order valence-electron chi connectivity index (χ1n) is 8.82. The van der Waals surface area contributed by atoms with Gasteiger partial charge >= 0.3 is 0 Å². The second kappa shape index (κ2) is 10.7. The summed E-state index contributed by atoms with van der Waals surface area (Å²) in [6, 6.07) is -0.525. The predicted octanol–water partition coefficient (Wildman–Crippen LogP) is 2.41. The fourth-order valence-electron chi connectivity index (χ4n) is 2.11. The van der Waals surface area contributed by atoms with E-state index in [0.717, 1.165) is 19.4 Å². The molecule has 0 fully saturated rings. The molecule has 0 aliphatic carbocycles. The van der Waals surface area contributed by atoms with Crippen molar-refractivity contribution in [2.45, 2.75) is 84.5 Å². The summed E-state index contributed by atoms with van der Waals surface area (Å²) in [5.74, 6) is -0.345. The molecule has 6 heteroatoms. The van der Waals surface area contributed by atoms with Crippen LogP contribution in [0.15, 0.2) is 0 Å². The largest absolute Gasteiger partial charge is 0.375 e. The molecule has 0 aliphatic rings. The molecule has 24 heavy (non-hydrogen) atoms. The summed E-state index contributed by atoms with van der Waals surface area (Å²) in [6.07, 6.45) is 2.72. The number of rotatable bonds is 12. The van der Waals surface area contributed by atoms with Gasteiger partial charge in [-0.05, 0) is 53.9 Å². The molecule has 2 amide bonds. The zero-order chi connectivity index (χ0) is 18.8. The molecule has 0 saturated carbocycles. The molecule has 0 bridgehead atoms. The maximum atomic E-state index is 11.9. The van der Waals surface area contributed by atoms with Crippen molar-refractivity contribution < 1.29 is 19.1 Å². The Morgan fingerprint density at radius 1 is 1.00 bits per heavy atom. The lowest BCUT2D eigenvalue weighted by molar-refractivity contribution is -0.129. The molecular formula is C18H36N2O4. The monoisotopic (exact) mass is 344 g/mol. The van der Waals surface area contributed by atoms with Crippen molar-refractivity contribution in [3.05, 3.63) is 0 Å². The Balaban J connectivity index is 4.12. The highest BCUT2D eigenvalue weighted by Crippen LogP contribution is 2.20. The van der Waals surface area contributed by atoms with E-state index in [2.05, 4.69) is 31.4 Å². The number of likely N-dealkylation sites (N-methyl/N-ethyl adjacent to an activating group) is 1. The molecule has 0 saturated heterocycles. The van der Waals surface area contributed by atoms with E-state index < -0.39 is 11.6 Å². The van der Waals surface area contributed by atoms with Crippen LogP contribution in [0, 0.1) is 0 Å². The van der Waals surface area contributed by atoms with E-state index in [-0.39, 0.29) is 17.4 Å². The topological polar surface area (TPSA) is 76.7 Å². The standard InChI is InChI=1S/C18H36N2O4/c1-8-12-23-18(5,6)11-13-24-17(3,4)10-9-15(21)20-14(2)16(22)19-7/h14H,8-13H2,1-7H3,(H,19,22)(H,20,21)/t14-/m0/s1. The van der Waals surface area contributed by atoms with Crippen LogP contribution in [-0.4, -0.2) is 49.3 Å². The van der Waals surface area contributed by atoms with Crippen LogP contribution in [0.25, 0.3) is 0 Å². The molecular weight excluding hydrogens is 308 g/mol. The third-order valence-corrected chi connectivity index (χ3v) is 3.87. The van der Waals surface area contributed by atoms with Crippen LogP contribution in [0.3, 0.4) is 0 Å². The fourth-order valence-corrected chi connectivity index (χ4v) is 2.11. The maximum Gasteiger partial charge on any atom is 0.242 e. The van der Waals surface area contributed by atoms with Gasteiger partial charge in [0.25, 0.3) is 0 Å². The van der Waals surface area contributed by atoms with Gasteiger partial charge in [-0.25, -0.2) is 0 Å². The molecule has 0 radical (unpaired) electrons. The highest BCUT2D eigenvalue weighted by atomic mass is 16.5. The van der Waals surface area contributed by atoms with Gasteiger partial charge in [-0.15, -0.1) is 0 Å². The lowest BCUT2D eigenvalue weighted by atomic mass is 10.0. The molecule has 0 aromatic carbocycles. The lowest BCUT2D eigenvalue weighted by Crippen LogP contribution is -2.44. The quantitative estimate of drug-likeness (QED) is 0.570. The van der Waals surface area contributed by atoms with Crippen molar-refractivity contribution >= 4 is 11.8 Å². The minimum Gasteiger partial charge on any atom is -0.375 e. The number of nitrogens with one attached hydrogen (secondary N) is 2. The first-order valence-corrected chi connectivity index (χ1v) is 8.82. The van der Waals surface area contributed by atoms with Crippen LogP contribution >= 0.6 is 0 Å². The van der Waals surface area contributed by atoms with Crippen LogP contribution in [-0.2, 0) is 19.1 Å². The number of carbonyl (C=O) groups is 2. The summed E-state index contributed by atoms with van der Waals surface area (Å²) in [5.41, 5.74) is -0.596. The molecule has 0 aliphatic heterocycles. The van der Waals surface area contributed by atoms with Gasteiger partial charge in [0.05, 0.1) is 17.8 Å². The Morgan fingerprint density at radius 3 is 2.08 bits per heavy atom. The average molecular weight is 344 g/mol. The van der Waals surface area contributed by atoms with E-state index in [0.29, 0.717) is 19.4 Å². The van der Waals surface area contributed by atoms with Gasteiger partial charge < -0.3 is 20.1 Å². The van der Waals surface area contributed by atoms with Crippen molar-refractivity contribution in [1.82, 2.24) is 10.6 Å². The summed E-state index contributed by atoms with van der Waals surface area (Å²) < 4.78 is 11.7. The Morgan fingerprint density at radius 2 is 1.54 bits per heavy atom. The average Bonchev–Trinajstić information content (AvgIpc) is 2.49. The molecule has 1 atom stereocenters. The first-order chi connectivity index (χ1) is 11.0. The van der Waals surface area contributed by atoms with Crippen molar-refractivity contribution in [1.29, 1.82) is 0 Å². The van der Waals surface area contributed by atoms with E-state index in [9.17, 15) is 9.59 Å². The molecule has 0 heterocycles. The van der Waals surface area contributed by atoms with Crippen molar-refractivity contribution in [3.63, 3.8) is 0 Å². The molecule has 0 aromatic rings. The molecule has 2 N–H and O–H groups in total. The number of hydrogen-bond acceptors (Lipinski definition) is 4. The van der Waals surface area contributed by atoms with Gasteiger partial charge in [-0.1, -0.05) is 6.92 Å². The van der Waals surface area contributed by atoms with E-state index in [4.69, 9.17) is 9.47 Å². The van der Waals surface area contributed by atoms with E-state index in [1.165, 1.54) is 0 Å². The Labute approximate surface area is 147 Å². The van der Waals surface area contributed by atoms with Gasteiger partial charge in [-0.3, -0.25) is 9.59 Å². The van der Waals surface area contributed by atoms with E-state index in [1.807, 2.05) is 13.8 Å². The molecule has 0 aromatic heterocycles. The van der Waals surface area contributed by atoms with Crippen LogP contribution in [0.1, 0.15) is 67.2 Å². The molecule has 0 unspecified atom stereocenters. The smallest absolute Gasteiger partial charge is 0.242 e. The maximum absolute atomic E-state index is 11.9. The molecule has 0 spiro atoms. The van der Waals surface area contributed by atoms with Crippen molar-refractivity contribution in [3.8, 4) is 0 Å². The van der Waals surface area contributed by atoms with Crippen LogP contribution in [0.5, 0.6) is 0 Å². The SMILES string of the molecule is CCCOC(C)(C)CCOC(C)(C)CCC(=O)N[C@@H](C)C(=O)NC. The van der Waals surface area contributed by atoms with Gasteiger partial charge in [0.15, 0.2) is 0 Å². The normalized spacial score (nSPS) is 13.5. The summed E-state index contributed by atoms with van der Waals surface area (Å²) in [6.45, 7) is 13.2. The zero-order valence-electron chi connectivity index (χ0n) is 16.5. The van der Waals surface area contributed by atoms with Crippen molar-refractivity contribution in [2.24, 2.45) is 0 Å². The highest BCUT2D eigenvalue weighted by Gasteiger charge is 2.24. The van der Waals surface area contributed by atoms with Gasteiger partial charge in [0, 0.05) is 20.1 Å². The second-order valence-electron chi connectivity index (χ2n) is 7.37. The summed E-state index contributed by atoms with van der Waals surface area (Å²) >= 11 is 0. The summed E-state index contributed by atoms with van der Waals surface area (Å²) in [4.78, 5) is 23.3. The lowest BCUT2D eigenvalue weighted by Gasteiger charge is -2.29. The molecule has 6 nitrogen and oxygen atoms in total. The third kappa shape index (κ3) is 10.6. The van der Waals surface area contributed by atoms with Crippen molar-refractivity contribution in [2.75, 3.05) is 20.3 Å². The second-order valence-corrected chi connectivity index (χ2v) is 7.37. The van der Waals surface area contributed by atoms with Gasteiger partial charge in [-0.2, -0.15) is 0 Å². The predicted molar refractivity (Wildman–Crippen MR) is 95.9 cm³/mol. The van der Waals surface area contributed by atoms with E-state index >= 15 is 0 Å². The first kappa shape index (κ1) is 22.9. The van der Waals surface area contributed by atoms with E-state index in [1.54, 1.807) is 14.0 Å². The summed E-state index contributed by atoms with van der Waals surface area (Å²) in [5, 5.41) is 5.19. The molecule has 0 rings (SSSR count). The number of amides is 2. The number of ether oxygens (including phenoxy) is 2. The Hall–Kier alpha value is -1.14. The minimum absolute atomic E-state index is 0.144. The van der Waals surface area contributed by atoms with Gasteiger partial charge in [0.1, 0.15) is 6.04 Å². The fraction of sp³-hybridized carbons (Fsp3) is 0.889. The number of carbonyl (C=O) groups excluding carboxylic acids is 2. The van der Waals surface area contributed by atoms with Crippen LogP contribution in [0.2, 0.25) is 0 Å². The summed E-state index contributed by atoms with van der Waals surface area (Å²) in [7, 11) is 1.55. The Kier molecular flexibility index (Phi) is 10.2. The Bertz CT molecular complexity index is 394. The van der Waals surface area contributed by atoms with Crippen LogP contribution in [0.4, 0.5) is 0 Å². The zero-order valence-corrected chi connectivity index (χ0v) is 16.5.